The van der Waals surface area contributed by atoms with E-state index in [-0.39, 0.29) is 29.5 Å². The maximum absolute atomic E-state index is 12.8. The third-order valence-corrected chi connectivity index (χ3v) is 6.56. The molecule has 2 aromatic carbocycles. The summed E-state index contributed by atoms with van der Waals surface area (Å²) < 4.78 is 31.0. The molecule has 0 radical (unpaired) electrons. The van der Waals surface area contributed by atoms with Gasteiger partial charge in [0.25, 0.3) is 0 Å². The summed E-state index contributed by atoms with van der Waals surface area (Å²) in [6, 6.07) is 13.6. The maximum atomic E-state index is 12.8. The van der Waals surface area contributed by atoms with Crippen molar-refractivity contribution in [3.8, 4) is 0 Å². The van der Waals surface area contributed by atoms with Crippen LogP contribution in [-0.2, 0) is 27.9 Å². The monoisotopic (exact) mass is 458 g/mol. The number of para-hydroxylation sites is 2. The van der Waals surface area contributed by atoms with Crippen molar-refractivity contribution in [2.45, 2.75) is 64.1 Å². The SMILES string of the molecule is CCCn1c(=O)n(CCC(=O)Nc2cccc(S(=O)(=O)NC(C)(C)C)c2)c2ccccc21. The van der Waals surface area contributed by atoms with Crippen LogP contribution < -0.4 is 15.7 Å². The first kappa shape index (κ1) is 23.7. The van der Waals surface area contributed by atoms with Crippen LogP contribution in [0.2, 0.25) is 0 Å². The van der Waals surface area contributed by atoms with Gasteiger partial charge in [0.1, 0.15) is 0 Å². The maximum Gasteiger partial charge on any atom is 0.329 e. The van der Waals surface area contributed by atoms with Gasteiger partial charge >= 0.3 is 5.69 Å². The molecule has 2 N–H and O–H groups in total. The van der Waals surface area contributed by atoms with E-state index >= 15 is 0 Å². The molecule has 3 aromatic rings. The van der Waals surface area contributed by atoms with Gasteiger partial charge in [0.05, 0.1) is 15.9 Å². The number of hydrogen-bond acceptors (Lipinski definition) is 4. The van der Waals surface area contributed by atoms with Gasteiger partial charge in [-0.15, -0.1) is 0 Å². The Morgan fingerprint density at radius 3 is 2.19 bits per heavy atom. The number of aryl methyl sites for hydroxylation is 2. The number of fused-ring (bicyclic) bond motifs is 1. The minimum atomic E-state index is -3.71. The number of nitrogens with zero attached hydrogens (tertiary/aromatic N) is 2. The van der Waals surface area contributed by atoms with E-state index in [1.807, 2.05) is 31.2 Å². The van der Waals surface area contributed by atoms with E-state index in [0.29, 0.717) is 12.2 Å². The first-order chi connectivity index (χ1) is 15.0. The van der Waals surface area contributed by atoms with Crippen molar-refractivity contribution in [3.05, 3.63) is 59.0 Å². The van der Waals surface area contributed by atoms with Crippen LogP contribution in [0.3, 0.4) is 0 Å². The molecule has 0 bridgehead atoms. The quantitative estimate of drug-likeness (QED) is 0.541. The molecule has 1 heterocycles. The van der Waals surface area contributed by atoms with Crippen LogP contribution in [0, 0.1) is 0 Å². The molecule has 0 saturated heterocycles. The Bertz CT molecular complexity index is 1280. The predicted molar refractivity (Wildman–Crippen MR) is 126 cm³/mol. The Balaban J connectivity index is 1.74. The number of anilines is 1. The van der Waals surface area contributed by atoms with Gasteiger partial charge < -0.3 is 5.32 Å². The molecular weight excluding hydrogens is 428 g/mol. The number of hydrogen-bond donors (Lipinski definition) is 2. The summed E-state index contributed by atoms with van der Waals surface area (Å²) in [5.74, 6) is -0.303. The lowest BCUT2D eigenvalue weighted by Crippen LogP contribution is -2.40. The number of amides is 1. The van der Waals surface area contributed by atoms with E-state index in [9.17, 15) is 18.0 Å². The lowest BCUT2D eigenvalue weighted by atomic mass is 10.1. The predicted octanol–water partition coefficient (Wildman–Crippen LogP) is 3.32. The first-order valence-corrected chi connectivity index (χ1v) is 12.1. The van der Waals surface area contributed by atoms with Crippen LogP contribution in [0.4, 0.5) is 5.69 Å². The highest BCUT2D eigenvalue weighted by molar-refractivity contribution is 7.89. The van der Waals surface area contributed by atoms with Crippen LogP contribution in [0.5, 0.6) is 0 Å². The number of carbonyl (C=O) groups is 1. The molecular formula is C23H30N4O4S. The molecule has 0 atom stereocenters. The van der Waals surface area contributed by atoms with Crippen molar-refractivity contribution in [2.75, 3.05) is 5.32 Å². The fourth-order valence-corrected chi connectivity index (χ4v) is 5.03. The second-order valence-electron chi connectivity index (χ2n) is 8.76. The Hall–Kier alpha value is -2.91. The molecule has 32 heavy (non-hydrogen) atoms. The number of nitrogens with one attached hydrogen (secondary N) is 2. The van der Waals surface area contributed by atoms with E-state index in [4.69, 9.17) is 0 Å². The lowest BCUT2D eigenvalue weighted by Gasteiger charge is -2.20. The van der Waals surface area contributed by atoms with Crippen molar-refractivity contribution in [1.29, 1.82) is 0 Å². The first-order valence-electron chi connectivity index (χ1n) is 10.6. The van der Waals surface area contributed by atoms with E-state index in [0.717, 1.165) is 17.5 Å². The average molecular weight is 459 g/mol. The zero-order valence-electron chi connectivity index (χ0n) is 18.9. The molecule has 0 unspecified atom stereocenters. The molecule has 0 aliphatic rings. The van der Waals surface area contributed by atoms with Crippen molar-refractivity contribution in [2.24, 2.45) is 0 Å². The van der Waals surface area contributed by atoms with Gasteiger partial charge in [-0.3, -0.25) is 13.9 Å². The van der Waals surface area contributed by atoms with Crippen LogP contribution in [0.15, 0.2) is 58.2 Å². The third kappa shape index (κ3) is 5.46. The molecule has 8 nitrogen and oxygen atoms in total. The van der Waals surface area contributed by atoms with Gasteiger partial charge in [-0.05, 0) is 57.5 Å². The van der Waals surface area contributed by atoms with E-state index in [1.165, 1.54) is 12.1 Å². The number of aromatic nitrogens is 2. The fraction of sp³-hybridized carbons (Fsp3) is 0.391. The smallest absolute Gasteiger partial charge is 0.326 e. The van der Waals surface area contributed by atoms with Crippen molar-refractivity contribution in [1.82, 2.24) is 13.9 Å². The topological polar surface area (TPSA) is 102 Å². The van der Waals surface area contributed by atoms with E-state index in [1.54, 1.807) is 42.0 Å². The average Bonchev–Trinajstić information content (AvgIpc) is 2.96. The number of imidazole rings is 1. The van der Waals surface area contributed by atoms with Gasteiger partial charge in [0.2, 0.25) is 15.9 Å². The zero-order chi connectivity index (χ0) is 23.5. The van der Waals surface area contributed by atoms with Gasteiger partial charge in [-0.1, -0.05) is 25.1 Å². The molecule has 9 heteroatoms. The summed E-state index contributed by atoms with van der Waals surface area (Å²) >= 11 is 0. The number of benzene rings is 2. The molecule has 172 valence electrons. The summed E-state index contributed by atoms with van der Waals surface area (Å²) in [5, 5.41) is 2.73. The van der Waals surface area contributed by atoms with Crippen molar-refractivity contribution >= 4 is 32.7 Å². The summed E-state index contributed by atoms with van der Waals surface area (Å²) in [4.78, 5) is 25.5. The molecule has 0 spiro atoms. The fourth-order valence-electron chi connectivity index (χ4n) is 3.57. The normalized spacial score (nSPS) is 12.2. The molecule has 1 aromatic heterocycles. The highest BCUT2D eigenvalue weighted by Crippen LogP contribution is 2.18. The van der Waals surface area contributed by atoms with Crippen LogP contribution in [0.25, 0.3) is 11.0 Å². The van der Waals surface area contributed by atoms with Gasteiger partial charge in [0, 0.05) is 30.7 Å². The van der Waals surface area contributed by atoms with E-state index in [2.05, 4.69) is 10.0 Å². The van der Waals surface area contributed by atoms with Crippen molar-refractivity contribution in [3.63, 3.8) is 0 Å². The molecule has 0 aliphatic carbocycles. The van der Waals surface area contributed by atoms with Gasteiger partial charge in [0.15, 0.2) is 0 Å². The molecule has 1 amide bonds. The summed E-state index contributed by atoms with van der Waals surface area (Å²) in [6.07, 6.45) is 0.912. The van der Waals surface area contributed by atoms with E-state index < -0.39 is 15.6 Å². The number of sulfonamides is 1. The number of carbonyl (C=O) groups excluding carboxylic acids is 1. The Morgan fingerprint density at radius 1 is 0.969 bits per heavy atom. The zero-order valence-corrected chi connectivity index (χ0v) is 19.7. The summed E-state index contributed by atoms with van der Waals surface area (Å²) in [7, 11) is -3.71. The Kier molecular flexibility index (Phi) is 6.90. The second-order valence-corrected chi connectivity index (χ2v) is 10.4. The van der Waals surface area contributed by atoms with Crippen molar-refractivity contribution < 1.29 is 13.2 Å². The molecule has 0 saturated carbocycles. The van der Waals surface area contributed by atoms with Gasteiger partial charge in [-0.25, -0.2) is 17.9 Å². The molecule has 3 rings (SSSR count). The van der Waals surface area contributed by atoms with Gasteiger partial charge in [-0.2, -0.15) is 0 Å². The minimum absolute atomic E-state index is 0.0732. The minimum Gasteiger partial charge on any atom is -0.326 e. The van der Waals surface area contributed by atoms with Crippen LogP contribution >= 0.6 is 0 Å². The molecule has 0 aliphatic heterocycles. The Morgan fingerprint density at radius 2 is 1.59 bits per heavy atom. The largest absolute Gasteiger partial charge is 0.329 e. The highest BCUT2D eigenvalue weighted by Gasteiger charge is 2.22. The van der Waals surface area contributed by atoms with Crippen LogP contribution in [-0.4, -0.2) is 29.0 Å². The highest BCUT2D eigenvalue weighted by atomic mass is 32.2. The lowest BCUT2D eigenvalue weighted by molar-refractivity contribution is -0.116. The summed E-state index contributed by atoms with van der Waals surface area (Å²) in [6.45, 7) is 8.13. The third-order valence-electron chi connectivity index (χ3n) is 4.80. The second kappa shape index (κ2) is 9.30. The standard InChI is InChI=1S/C23H30N4O4S/c1-5-14-26-19-11-6-7-12-20(19)27(22(26)29)15-13-21(28)24-17-9-8-10-18(16-17)32(30,31)25-23(2,3)4/h6-12,16,25H,5,13-15H2,1-4H3,(H,24,28). The molecule has 0 fully saturated rings. The van der Waals surface area contributed by atoms with Crippen LogP contribution in [0.1, 0.15) is 40.5 Å². The Labute approximate surface area is 188 Å². The summed E-state index contributed by atoms with van der Waals surface area (Å²) in [5.41, 5.74) is 1.27. The number of rotatable bonds is 8.